The van der Waals surface area contributed by atoms with Gasteiger partial charge in [-0.3, -0.25) is 0 Å². The van der Waals surface area contributed by atoms with E-state index in [2.05, 4.69) is 17.6 Å². The van der Waals surface area contributed by atoms with Crippen molar-refractivity contribution in [1.82, 2.24) is 10.6 Å². The van der Waals surface area contributed by atoms with Crippen LogP contribution in [0.2, 0.25) is 0 Å². The highest BCUT2D eigenvalue weighted by molar-refractivity contribution is 4.52. The highest BCUT2D eigenvalue weighted by atomic mass is 14.9. The molecule has 0 aromatic rings. The molecule has 0 aliphatic carbocycles. The quantitative estimate of drug-likeness (QED) is 0.432. The van der Waals surface area contributed by atoms with Gasteiger partial charge >= 0.3 is 0 Å². The van der Waals surface area contributed by atoms with Crippen LogP contribution in [0.4, 0.5) is 0 Å². The summed E-state index contributed by atoms with van der Waals surface area (Å²) in [5, 5.41) is 6.89. The largest absolute Gasteiger partial charge is 0.330 e. The Morgan fingerprint density at radius 2 is 1.20 bits per heavy atom. The maximum absolute atomic E-state index is 5.41. The Balaban J connectivity index is 2.81. The maximum atomic E-state index is 5.41. The predicted octanol–water partition coefficient (Wildman–Crippen LogP) is 1.48. The van der Waals surface area contributed by atoms with Crippen molar-refractivity contribution in [1.29, 1.82) is 0 Å². The minimum atomic E-state index is 0.822. The molecule has 92 valence electrons. The van der Waals surface area contributed by atoms with Gasteiger partial charge in [0.1, 0.15) is 0 Å². The second-order valence-corrected chi connectivity index (χ2v) is 4.06. The van der Waals surface area contributed by atoms with Gasteiger partial charge in [-0.05, 0) is 64.8 Å². The molecule has 0 aromatic heterocycles. The van der Waals surface area contributed by atoms with Gasteiger partial charge in [0.2, 0.25) is 0 Å². The Kier molecular flexibility index (Phi) is 13.8. The molecule has 0 heterocycles. The summed E-state index contributed by atoms with van der Waals surface area (Å²) in [6.45, 7) is 7.68. The topological polar surface area (TPSA) is 50.1 Å². The van der Waals surface area contributed by atoms with E-state index in [-0.39, 0.29) is 0 Å². The van der Waals surface area contributed by atoms with Crippen LogP contribution in [0.1, 0.15) is 45.4 Å². The summed E-state index contributed by atoms with van der Waals surface area (Å²) in [5.41, 5.74) is 5.41. The Labute approximate surface area is 95.2 Å². The summed E-state index contributed by atoms with van der Waals surface area (Å²) in [5.74, 6) is 0. The minimum Gasteiger partial charge on any atom is -0.330 e. The molecule has 0 radical (unpaired) electrons. The van der Waals surface area contributed by atoms with Crippen LogP contribution >= 0.6 is 0 Å². The van der Waals surface area contributed by atoms with E-state index in [1.54, 1.807) is 0 Å². The standard InChI is InChI=1S/C12H29N3/c1-2-3-9-14-11-6-7-12-15-10-5-4-8-13/h14-15H,2-13H2,1H3. The zero-order chi connectivity index (χ0) is 11.2. The molecule has 0 atom stereocenters. The number of unbranched alkanes of at least 4 members (excludes halogenated alkanes) is 3. The van der Waals surface area contributed by atoms with Gasteiger partial charge in [-0.25, -0.2) is 0 Å². The molecule has 4 N–H and O–H groups in total. The molecular weight excluding hydrogens is 186 g/mol. The molecule has 0 rings (SSSR count). The molecule has 0 fully saturated rings. The first-order valence-corrected chi connectivity index (χ1v) is 6.53. The highest BCUT2D eigenvalue weighted by Gasteiger charge is 1.90. The summed E-state index contributed by atoms with van der Waals surface area (Å²) in [6, 6.07) is 0. The molecule has 0 unspecified atom stereocenters. The van der Waals surface area contributed by atoms with Crippen LogP contribution < -0.4 is 16.4 Å². The van der Waals surface area contributed by atoms with Crippen molar-refractivity contribution in [3.8, 4) is 0 Å². The van der Waals surface area contributed by atoms with E-state index < -0.39 is 0 Å². The second kappa shape index (κ2) is 13.9. The average molecular weight is 215 g/mol. The van der Waals surface area contributed by atoms with Crippen molar-refractivity contribution < 1.29 is 0 Å². The molecular formula is C12H29N3. The molecule has 0 aliphatic heterocycles. The van der Waals surface area contributed by atoms with E-state index in [1.165, 1.54) is 45.2 Å². The summed E-state index contributed by atoms with van der Waals surface area (Å²) < 4.78 is 0. The van der Waals surface area contributed by atoms with Gasteiger partial charge in [0, 0.05) is 0 Å². The molecule has 0 aromatic carbocycles. The van der Waals surface area contributed by atoms with E-state index in [4.69, 9.17) is 5.73 Å². The van der Waals surface area contributed by atoms with Crippen LogP contribution in [0.3, 0.4) is 0 Å². The van der Waals surface area contributed by atoms with E-state index in [0.29, 0.717) is 0 Å². The zero-order valence-corrected chi connectivity index (χ0v) is 10.4. The smallest absolute Gasteiger partial charge is 0.00484 e. The first kappa shape index (κ1) is 14.9. The molecule has 15 heavy (non-hydrogen) atoms. The number of hydrogen-bond donors (Lipinski definition) is 3. The van der Waals surface area contributed by atoms with Crippen molar-refractivity contribution in [2.45, 2.75) is 45.4 Å². The number of hydrogen-bond acceptors (Lipinski definition) is 3. The van der Waals surface area contributed by atoms with Crippen LogP contribution in [0, 0.1) is 0 Å². The third-order valence-corrected chi connectivity index (χ3v) is 2.47. The lowest BCUT2D eigenvalue weighted by Gasteiger charge is -2.05. The zero-order valence-electron chi connectivity index (χ0n) is 10.4. The highest BCUT2D eigenvalue weighted by Crippen LogP contribution is 1.88. The summed E-state index contributed by atoms with van der Waals surface area (Å²) in [7, 11) is 0. The predicted molar refractivity (Wildman–Crippen MR) is 68.2 cm³/mol. The molecule has 0 amide bonds. The molecule has 3 heteroatoms. The van der Waals surface area contributed by atoms with Gasteiger partial charge in [-0.15, -0.1) is 0 Å². The molecule has 0 saturated carbocycles. The van der Waals surface area contributed by atoms with Crippen molar-refractivity contribution in [3.05, 3.63) is 0 Å². The third kappa shape index (κ3) is 13.9. The van der Waals surface area contributed by atoms with Crippen LogP contribution in [-0.2, 0) is 0 Å². The molecule has 0 spiro atoms. The maximum Gasteiger partial charge on any atom is -0.00484 e. The van der Waals surface area contributed by atoms with Crippen LogP contribution in [0.15, 0.2) is 0 Å². The van der Waals surface area contributed by atoms with Gasteiger partial charge in [0.25, 0.3) is 0 Å². The lowest BCUT2D eigenvalue weighted by atomic mass is 10.2. The lowest BCUT2D eigenvalue weighted by Crippen LogP contribution is -2.20. The Morgan fingerprint density at radius 3 is 1.67 bits per heavy atom. The summed E-state index contributed by atoms with van der Waals surface area (Å²) >= 11 is 0. The molecule has 0 aliphatic rings. The Bertz CT molecular complexity index is 95.0. The number of nitrogens with two attached hydrogens (primary N) is 1. The van der Waals surface area contributed by atoms with E-state index in [9.17, 15) is 0 Å². The molecule has 0 saturated heterocycles. The van der Waals surface area contributed by atoms with Gasteiger partial charge in [0.05, 0.1) is 0 Å². The normalized spacial score (nSPS) is 10.8. The Morgan fingerprint density at radius 1 is 0.733 bits per heavy atom. The van der Waals surface area contributed by atoms with Crippen molar-refractivity contribution in [3.63, 3.8) is 0 Å². The van der Waals surface area contributed by atoms with Crippen molar-refractivity contribution >= 4 is 0 Å². The molecule has 3 nitrogen and oxygen atoms in total. The SMILES string of the molecule is CCCCNCCCCNCCCCN. The van der Waals surface area contributed by atoms with Gasteiger partial charge in [0.15, 0.2) is 0 Å². The van der Waals surface area contributed by atoms with E-state index >= 15 is 0 Å². The monoisotopic (exact) mass is 215 g/mol. The van der Waals surface area contributed by atoms with Crippen LogP contribution in [0.5, 0.6) is 0 Å². The fourth-order valence-electron chi connectivity index (χ4n) is 1.45. The van der Waals surface area contributed by atoms with Gasteiger partial charge in [-0.1, -0.05) is 13.3 Å². The van der Waals surface area contributed by atoms with Crippen molar-refractivity contribution in [2.75, 3.05) is 32.7 Å². The first-order valence-electron chi connectivity index (χ1n) is 6.53. The Hall–Kier alpha value is -0.120. The molecule has 0 bridgehead atoms. The minimum absolute atomic E-state index is 0.822. The lowest BCUT2D eigenvalue weighted by molar-refractivity contribution is 0.561. The average Bonchev–Trinajstić information content (AvgIpc) is 2.26. The number of nitrogens with one attached hydrogen (secondary N) is 2. The first-order chi connectivity index (χ1) is 7.41. The summed E-state index contributed by atoms with van der Waals surface area (Å²) in [6.07, 6.45) is 7.51. The van der Waals surface area contributed by atoms with Gasteiger partial charge in [-0.2, -0.15) is 0 Å². The third-order valence-electron chi connectivity index (χ3n) is 2.47. The van der Waals surface area contributed by atoms with Crippen LogP contribution in [-0.4, -0.2) is 32.7 Å². The fourth-order valence-corrected chi connectivity index (χ4v) is 1.45. The van der Waals surface area contributed by atoms with E-state index in [0.717, 1.165) is 26.1 Å². The second-order valence-electron chi connectivity index (χ2n) is 4.06. The number of rotatable bonds is 12. The van der Waals surface area contributed by atoms with Crippen LogP contribution in [0.25, 0.3) is 0 Å². The fraction of sp³-hybridized carbons (Fsp3) is 1.00. The van der Waals surface area contributed by atoms with Gasteiger partial charge < -0.3 is 16.4 Å². The van der Waals surface area contributed by atoms with E-state index in [1.807, 2.05) is 0 Å². The summed E-state index contributed by atoms with van der Waals surface area (Å²) in [4.78, 5) is 0. The van der Waals surface area contributed by atoms with Crippen molar-refractivity contribution in [2.24, 2.45) is 5.73 Å².